The van der Waals surface area contributed by atoms with E-state index < -0.39 is 10.8 Å². The monoisotopic (exact) mass is 453 g/mol. The highest BCUT2D eigenvalue weighted by atomic mass is 32.2. The predicted molar refractivity (Wildman–Crippen MR) is 125 cm³/mol. The number of nitrogens with one attached hydrogen (secondary N) is 1. The van der Waals surface area contributed by atoms with E-state index in [1.807, 2.05) is 45.9 Å². The van der Waals surface area contributed by atoms with Crippen molar-refractivity contribution in [3.63, 3.8) is 0 Å². The van der Waals surface area contributed by atoms with E-state index in [1.165, 1.54) is 0 Å². The van der Waals surface area contributed by atoms with Crippen molar-refractivity contribution in [2.45, 2.75) is 39.2 Å². The van der Waals surface area contributed by atoms with Gasteiger partial charge in [-0.15, -0.1) is 0 Å². The van der Waals surface area contributed by atoms with Gasteiger partial charge in [0.05, 0.1) is 36.1 Å². The molecule has 1 N–H and O–H groups in total. The Morgan fingerprint density at radius 3 is 2.59 bits per heavy atom. The number of aromatic nitrogens is 2. The Labute approximate surface area is 190 Å². The molecule has 0 spiro atoms. The third-order valence-corrected chi connectivity index (χ3v) is 6.72. The smallest absolute Gasteiger partial charge is 0.256 e. The maximum absolute atomic E-state index is 13.2. The van der Waals surface area contributed by atoms with E-state index in [4.69, 9.17) is 14.6 Å². The van der Waals surface area contributed by atoms with Gasteiger partial charge in [0.25, 0.3) is 5.91 Å². The Morgan fingerprint density at radius 1 is 1.09 bits per heavy atom. The van der Waals surface area contributed by atoms with Crippen LogP contribution in [0.2, 0.25) is 0 Å². The van der Waals surface area contributed by atoms with Crippen LogP contribution in [-0.4, -0.2) is 33.1 Å². The normalized spacial score (nSPS) is 14.8. The van der Waals surface area contributed by atoms with Crippen molar-refractivity contribution in [1.29, 1.82) is 0 Å². The fourth-order valence-electron chi connectivity index (χ4n) is 3.77. The van der Waals surface area contributed by atoms with Gasteiger partial charge in [-0.05, 0) is 63.1 Å². The molecule has 0 unspecified atom stereocenters. The minimum absolute atomic E-state index is 0.291. The molecule has 2 heterocycles. The van der Waals surface area contributed by atoms with Gasteiger partial charge >= 0.3 is 0 Å². The number of aryl methyl sites for hydroxylation is 1. The van der Waals surface area contributed by atoms with E-state index in [0.29, 0.717) is 47.6 Å². The summed E-state index contributed by atoms with van der Waals surface area (Å²) in [6.07, 6.45) is 0. The lowest BCUT2D eigenvalue weighted by atomic mass is 10.1. The van der Waals surface area contributed by atoms with Crippen LogP contribution < -0.4 is 14.8 Å². The fraction of sp³-hybridized carbons (Fsp3) is 0.333. The Morgan fingerprint density at radius 2 is 1.84 bits per heavy atom. The van der Waals surface area contributed by atoms with Crippen LogP contribution >= 0.6 is 0 Å². The van der Waals surface area contributed by atoms with Crippen LogP contribution in [-0.2, 0) is 22.3 Å². The summed E-state index contributed by atoms with van der Waals surface area (Å²) in [5.41, 5.74) is 5.13. The average Bonchev–Trinajstić information content (AvgIpc) is 3.28. The number of nitrogens with zero attached hydrogens (tertiary/aromatic N) is 2. The van der Waals surface area contributed by atoms with E-state index >= 15 is 0 Å². The lowest BCUT2D eigenvalue weighted by Crippen LogP contribution is -2.17. The zero-order chi connectivity index (χ0) is 22.8. The van der Waals surface area contributed by atoms with E-state index in [0.717, 1.165) is 28.1 Å². The largest absolute Gasteiger partial charge is 0.490 e. The molecule has 7 nitrogen and oxygen atoms in total. The van der Waals surface area contributed by atoms with Crippen molar-refractivity contribution >= 4 is 22.5 Å². The van der Waals surface area contributed by atoms with Gasteiger partial charge in [-0.25, -0.2) is 4.68 Å². The third kappa shape index (κ3) is 4.14. The summed E-state index contributed by atoms with van der Waals surface area (Å²) < 4.78 is 25.2. The number of carbonyl (C=O) groups is 1. The molecule has 2 aromatic carbocycles. The summed E-state index contributed by atoms with van der Waals surface area (Å²) >= 11 is 0. The topological polar surface area (TPSA) is 82.5 Å². The second-order valence-corrected chi connectivity index (χ2v) is 9.07. The van der Waals surface area contributed by atoms with Crippen molar-refractivity contribution in [3.8, 4) is 17.2 Å². The van der Waals surface area contributed by atoms with Gasteiger partial charge in [0, 0.05) is 21.9 Å². The molecule has 1 aliphatic rings. The van der Waals surface area contributed by atoms with Crippen LogP contribution in [0.25, 0.3) is 5.69 Å². The van der Waals surface area contributed by atoms with Gasteiger partial charge in [-0.1, -0.05) is 12.1 Å². The number of hydrogen-bond acceptors (Lipinski definition) is 5. The summed E-state index contributed by atoms with van der Waals surface area (Å²) in [5.74, 6) is 2.17. The summed E-state index contributed by atoms with van der Waals surface area (Å²) in [6, 6.07) is 11.1. The molecular formula is C24H27N3O4S. The molecule has 0 aliphatic carbocycles. The highest BCUT2D eigenvalue weighted by molar-refractivity contribution is 7.83. The molecule has 0 saturated carbocycles. The first kappa shape index (κ1) is 22.1. The Hall–Kier alpha value is -3.13. The molecule has 3 aromatic rings. The van der Waals surface area contributed by atoms with E-state index in [2.05, 4.69) is 5.32 Å². The van der Waals surface area contributed by atoms with Gasteiger partial charge in [0.2, 0.25) is 0 Å². The minimum Gasteiger partial charge on any atom is -0.490 e. The average molecular weight is 454 g/mol. The zero-order valence-corrected chi connectivity index (χ0v) is 19.5. The summed E-state index contributed by atoms with van der Waals surface area (Å²) in [6.45, 7) is 8.82. The first-order chi connectivity index (χ1) is 15.4. The number of amides is 1. The summed E-state index contributed by atoms with van der Waals surface area (Å²) in [5, 5.41) is 7.73. The van der Waals surface area contributed by atoms with Gasteiger partial charge in [0.1, 0.15) is 5.82 Å². The highest BCUT2D eigenvalue weighted by Crippen LogP contribution is 2.34. The quantitative estimate of drug-likeness (QED) is 0.577. The lowest BCUT2D eigenvalue weighted by molar-refractivity contribution is 0.102. The molecule has 0 radical (unpaired) electrons. The SMILES string of the molecule is CCOc1ccc(C(=O)Nc2c3c(nn2-c2cccc(C)c2C)C[S@@](=O)C3)cc1OCC. The number of benzene rings is 2. The molecule has 0 fully saturated rings. The fourth-order valence-corrected chi connectivity index (χ4v) is 5.03. The minimum atomic E-state index is -1.01. The predicted octanol–water partition coefficient (Wildman–Crippen LogP) is 4.30. The second kappa shape index (κ2) is 9.16. The van der Waals surface area contributed by atoms with Crippen LogP contribution in [0.1, 0.15) is 46.6 Å². The summed E-state index contributed by atoms with van der Waals surface area (Å²) in [7, 11) is -1.01. The molecule has 1 atom stereocenters. The van der Waals surface area contributed by atoms with Crippen molar-refractivity contribution < 1.29 is 18.5 Å². The number of rotatable bonds is 7. The molecule has 4 rings (SSSR count). The molecule has 1 amide bonds. The maximum atomic E-state index is 13.2. The van der Waals surface area contributed by atoms with Crippen LogP contribution in [0.15, 0.2) is 36.4 Å². The number of hydrogen-bond donors (Lipinski definition) is 1. The summed E-state index contributed by atoms with van der Waals surface area (Å²) in [4.78, 5) is 13.2. The molecule has 1 aromatic heterocycles. The first-order valence-electron chi connectivity index (χ1n) is 10.7. The van der Waals surface area contributed by atoms with Gasteiger partial charge in [0.15, 0.2) is 11.5 Å². The van der Waals surface area contributed by atoms with Crippen molar-refractivity contribution in [3.05, 3.63) is 64.3 Å². The van der Waals surface area contributed by atoms with Crippen LogP contribution in [0, 0.1) is 13.8 Å². The second-order valence-electron chi connectivity index (χ2n) is 7.61. The molecular weight excluding hydrogens is 426 g/mol. The number of ether oxygens (including phenoxy) is 2. The molecule has 1 aliphatic heterocycles. The van der Waals surface area contributed by atoms with E-state index in [1.54, 1.807) is 22.9 Å². The number of carbonyl (C=O) groups excluding carboxylic acids is 1. The first-order valence-corrected chi connectivity index (χ1v) is 12.1. The number of anilines is 1. The van der Waals surface area contributed by atoms with Crippen LogP contribution in [0.3, 0.4) is 0 Å². The molecule has 32 heavy (non-hydrogen) atoms. The Kier molecular flexibility index (Phi) is 6.32. The van der Waals surface area contributed by atoms with Crippen LogP contribution in [0.5, 0.6) is 11.5 Å². The number of fused-ring (bicyclic) bond motifs is 1. The molecule has 0 bridgehead atoms. The highest BCUT2D eigenvalue weighted by Gasteiger charge is 2.29. The van der Waals surface area contributed by atoms with Gasteiger partial charge < -0.3 is 14.8 Å². The Bertz CT molecular complexity index is 1200. The molecule has 168 valence electrons. The maximum Gasteiger partial charge on any atom is 0.256 e. The van der Waals surface area contributed by atoms with E-state index in [-0.39, 0.29) is 5.91 Å². The molecule has 0 saturated heterocycles. The standard InChI is InChI=1S/C24H27N3O4S/c1-5-30-21-11-10-17(12-22(21)31-6-2)24(28)25-23-18-13-32(29)14-19(18)26-27(23)20-9-7-8-15(3)16(20)4/h7-12H,5-6,13-14H2,1-4H3,(H,25,28)/t32-/m0/s1. The zero-order valence-electron chi connectivity index (χ0n) is 18.7. The lowest BCUT2D eigenvalue weighted by Gasteiger charge is -2.15. The van der Waals surface area contributed by atoms with Crippen molar-refractivity contribution in [2.75, 3.05) is 18.5 Å². The van der Waals surface area contributed by atoms with Crippen molar-refractivity contribution in [2.24, 2.45) is 0 Å². The van der Waals surface area contributed by atoms with Crippen LogP contribution in [0.4, 0.5) is 5.82 Å². The van der Waals surface area contributed by atoms with E-state index in [9.17, 15) is 9.00 Å². The third-order valence-electron chi connectivity index (χ3n) is 5.51. The molecule has 8 heteroatoms. The van der Waals surface area contributed by atoms with Gasteiger partial charge in [-0.2, -0.15) is 5.10 Å². The Balaban J connectivity index is 1.73. The van der Waals surface area contributed by atoms with Gasteiger partial charge in [-0.3, -0.25) is 9.00 Å². The van der Waals surface area contributed by atoms with Crippen molar-refractivity contribution in [1.82, 2.24) is 9.78 Å².